The van der Waals surface area contributed by atoms with Crippen LogP contribution in [0.5, 0.6) is 0 Å². The first-order valence-electron chi connectivity index (χ1n) is 8.00. The van der Waals surface area contributed by atoms with E-state index in [2.05, 4.69) is 10.4 Å². The fourth-order valence-corrected chi connectivity index (χ4v) is 3.40. The third kappa shape index (κ3) is 4.32. The van der Waals surface area contributed by atoms with Crippen LogP contribution in [0.2, 0.25) is 0 Å². The molecule has 0 aliphatic carbocycles. The van der Waals surface area contributed by atoms with E-state index in [9.17, 15) is 27.6 Å². The SMILES string of the molecule is CCCOC(=O)c1c(NC(=O)c2cc(C(F)(F)F)n(C)n2)sc(C(N)=O)c1C. The Hall–Kier alpha value is -2.89. The van der Waals surface area contributed by atoms with Crippen LogP contribution in [-0.2, 0) is 18.0 Å². The lowest BCUT2D eigenvalue weighted by molar-refractivity contribution is -0.143. The molecular formula is C16H17F3N4O4S. The molecule has 2 amide bonds. The van der Waals surface area contributed by atoms with E-state index in [1.165, 1.54) is 6.92 Å². The fraction of sp³-hybridized carbons (Fsp3) is 0.375. The zero-order valence-corrected chi connectivity index (χ0v) is 16.0. The topological polar surface area (TPSA) is 116 Å². The second-order valence-corrected chi connectivity index (χ2v) is 6.77. The molecule has 152 valence electrons. The van der Waals surface area contributed by atoms with Crippen LogP contribution < -0.4 is 11.1 Å². The number of thiophene rings is 1. The van der Waals surface area contributed by atoms with Crippen LogP contribution in [0.1, 0.15) is 55.1 Å². The molecule has 0 aromatic carbocycles. The summed E-state index contributed by atoms with van der Waals surface area (Å²) in [5.41, 5.74) is 3.80. The highest BCUT2D eigenvalue weighted by Gasteiger charge is 2.36. The maximum atomic E-state index is 12.9. The van der Waals surface area contributed by atoms with Crippen LogP contribution in [0.25, 0.3) is 0 Å². The summed E-state index contributed by atoms with van der Waals surface area (Å²) in [6.07, 6.45) is -4.14. The summed E-state index contributed by atoms with van der Waals surface area (Å²) in [5.74, 6) is -2.58. The number of nitrogens with two attached hydrogens (primary N) is 1. The number of ether oxygens (including phenoxy) is 1. The van der Waals surface area contributed by atoms with Crippen LogP contribution in [0, 0.1) is 6.92 Å². The molecule has 0 bridgehead atoms. The quantitative estimate of drug-likeness (QED) is 0.700. The van der Waals surface area contributed by atoms with Gasteiger partial charge >= 0.3 is 12.1 Å². The van der Waals surface area contributed by atoms with E-state index in [1.807, 2.05) is 0 Å². The van der Waals surface area contributed by atoms with Gasteiger partial charge in [-0.05, 0) is 18.9 Å². The minimum atomic E-state index is -4.69. The molecule has 2 aromatic heterocycles. The third-order valence-electron chi connectivity index (χ3n) is 3.64. The Labute approximate surface area is 161 Å². The molecule has 0 fully saturated rings. The summed E-state index contributed by atoms with van der Waals surface area (Å²) in [5, 5.41) is 5.80. The van der Waals surface area contributed by atoms with Crippen molar-refractivity contribution < 1.29 is 32.3 Å². The summed E-state index contributed by atoms with van der Waals surface area (Å²) in [6.45, 7) is 3.35. The van der Waals surface area contributed by atoms with Gasteiger partial charge in [0.25, 0.3) is 11.8 Å². The van der Waals surface area contributed by atoms with Crippen molar-refractivity contribution in [1.82, 2.24) is 9.78 Å². The molecule has 0 atom stereocenters. The van der Waals surface area contributed by atoms with E-state index in [4.69, 9.17) is 10.5 Å². The number of aromatic nitrogens is 2. The van der Waals surface area contributed by atoms with Crippen molar-refractivity contribution in [3.8, 4) is 0 Å². The van der Waals surface area contributed by atoms with Crippen LogP contribution in [0.4, 0.5) is 18.2 Å². The van der Waals surface area contributed by atoms with Gasteiger partial charge in [-0.2, -0.15) is 18.3 Å². The van der Waals surface area contributed by atoms with Crippen LogP contribution in [0.15, 0.2) is 6.07 Å². The highest BCUT2D eigenvalue weighted by atomic mass is 32.1. The molecular weight excluding hydrogens is 401 g/mol. The summed E-state index contributed by atoms with van der Waals surface area (Å²) in [7, 11) is 1.05. The molecule has 2 rings (SSSR count). The largest absolute Gasteiger partial charge is 0.462 e. The molecule has 0 spiro atoms. The minimum absolute atomic E-state index is 0.0238. The van der Waals surface area contributed by atoms with Crippen molar-refractivity contribution in [2.24, 2.45) is 12.8 Å². The van der Waals surface area contributed by atoms with Gasteiger partial charge in [0.05, 0.1) is 17.0 Å². The van der Waals surface area contributed by atoms with E-state index in [1.54, 1.807) is 6.92 Å². The molecule has 0 saturated heterocycles. The molecule has 0 aliphatic rings. The normalized spacial score (nSPS) is 11.4. The molecule has 0 saturated carbocycles. The van der Waals surface area contributed by atoms with Gasteiger partial charge in [-0.25, -0.2) is 4.79 Å². The average molecular weight is 418 g/mol. The highest BCUT2D eigenvalue weighted by Crippen LogP contribution is 2.34. The first kappa shape index (κ1) is 21.4. The first-order valence-corrected chi connectivity index (χ1v) is 8.81. The molecule has 3 N–H and O–H groups in total. The summed E-state index contributed by atoms with van der Waals surface area (Å²) < 4.78 is 44.2. The number of amides is 2. The number of hydrogen-bond donors (Lipinski definition) is 2. The van der Waals surface area contributed by atoms with Gasteiger partial charge in [0.2, 0.25) is 0 Å². The molecule has 2 heterocycles. The van der Waals surface area contributed by atoms with Crippen LogP contribution in [0.3, 0.4) is 0 Å². The number of esters is 1. The number of hydrogen-bond acceptors (Lipinski definition) is 6. The number of anilines is 1. The minimum Gasteiger partial charge on any atom is -0.462 e. The molecule has 0 radical (unpaired) electrons. The number of alkyl halides is 3. The van der Waals surface area contributed by atoms with Crippen molar-refractivity contribution in [2.75, 3.05) is 11.9 Å². The zero-order valence-electron chi connectivity index (χ0n) is 15.1. The lowest BCUT2D eigenvalue weighted by Crippen LogP contribution is -2.16. The van der Waals surface area contributed by atoms with E-state index in [0.29, 0.717) is 17.2 Å². The predicted octanol–water partition coefficient (Wildman–Crippen LogP) is 2.73. The number of rotatable bonds is 6. The van der Waals surface area contributed by atoms with E-state index >= 15 is 0 Å². The van der Waals surface area contributed by atoms with Crippen molar-refractivity contribution in [3.05, 3.63) is 33.5 Å². The monoisotopic (exact) mass is 418 g/mol. The standard InChI is InChI=1S/C16H17F3N4O4S/c1-4-5-27-15(26)10-7(2)11(12(20)24)28-14(10)21-13(25)8-6-9(16(17,18)19)23(3)22-8/h6H,4-5H2,1-3H3,(H2,20,24)(H,21,25). The van der Waals surface area contributed by atoms with Gasteiger partial charge in [-0.3, -0.25) is 14.3 Å². The van der Waals surface area contributed by atoms with Crippen molar-refractivity contribution >= 4 is 34.1 Å². The Morgan fingerprint density at radius 3 is 2.50 bits per heavy atom. The van der Waals surface area contributed by atoms with Crippen molar-refractivity contribution in [2.45, 2.75) is 26.4 Å². The Kier molecular flexibility index (Phi) is 6.12. The summed E-state index contributed by atoms with van der Waals surface area (Å²) >= 11 is 0.731. The van der Waals surface area contributed by atoms with E-state index < -0.39 is 35.3 Å². The van der Waals surface area contributed by atoms with Gasteiger partial charge in [0, 0.05) is 13.1 Å². The summed E-state index contributed by atoms with van der Waals surface area (Å²) in [4.78, 5) is 36.3. The van der Waals surface area contributed by atoms with Gasteiger partial charge in [-0.15, -0.1) is 11.3 Å². The maximum Gasteiger partial charge on any atom is 0.433 e. The third-order valence-corrected chi connectivity index (χ3v) is 4.86. The van der Waals surface area contributed by atoms with Gasteiger partial charge in [-0.1, -0.05) is 6.92 Å². The molecule has 2 aromatic rings. The van der Waals surface area contributed by atoms with Gasteiger partial charge in [0.1, 0.15) is 10.7 Å². The maximum absolute atomic E-state index is 12.9. The number of halogens is 3. The molecule has 0 unspecified atom stereocenters. The zero-order chi connectivity index (χ0) is 21.2. The van der Waals surface area contributed by atoms with Crippen molar-refractivity contribution in [1.29, 1.82) is 0 Å². The average Bonchev–Trinajstić information content (AvgIpc) is 3.13. The Balaban J connectivity index is 2.40. The van der Waals surface area contributed by atoms with E-state index in [0.717, 1.165) is 18.4 Å². The Morgan fingerprint density at radius 1 is 1.36 bits per heavy atom. The lowest BCUT2D eigenvalue weighted by Gasteiger charge is -2.06. The number of aryl methyl sites for hydroxylation is 1. The number of carbonyl (C=O) groups excluding carboxylic acids is 3. The second kappa shape index (κ2) is 8.00. The number of carbonyl (C=O) groups is 3. The van der Waals surface area contributed by atoms with Crippen LogP contribution in [-0.4, -0.2) is 34.2 Å². The second-order valence-electron chi connectivity index (χ2n) is 5.75. The van der Waals surface area contributed by atoms with E-state index in [-0.39, 0.29) is 27.6 Å². The predicted molar refractivity (Wildman–Crippen MR) is 94.3 cm³/mol. The Morgan fingerprint density at radius 2 is 2.00 bits per heavy atom. The summed E-state index contributed by atoms with van der Waals surface area (Å²) in [6, 6.07) is 0.583. The smallest absolute Gasteiger partial charge is 0.433 e. The van der Waals surface area contributed by atoms with Crippen molar-refractivity contribution in [3.63, 3.8) is 0 Å². The molecule has 8 nitrogen and oxygen atoms in total. The number of nitrogens with zero attached hydrogens (tertiary/aromatic N) is 2. The number of primary amides is 1. The Bertz CT molecular complexity index is 933. The van der Waals surface area contributed by atoms with Crippen LogP contribution >= 0.6 is 11.3 Å². The molecule has 28 heavy (non-hydrogen) atoms. The first-order chi connectivity index (χ1) is 13.0. The van der Waals surface area contributed by atoms with Gasteiger partial charge < -0.3 is 15.8 Å². The highest BCUT2D eigenvalue weighted by molar-refractivity contribution is 7.18. The molecule has 12 heteroatoms. The number of nitrogens with one attached hydrogen (secondary N) is 1. The molecule has 0 aliphatic heterocycles. The van der Waals surface area contributed by atoms with Gasteiger partial charge in [0.15, 0.2) is 5.69 Å². The lowest BCUT2D eigenvalue weighted by atomic mass is 10.1. The fourth-order valence-electron chi connectivity index (χ4n) is 2.36.